The summed E-state index contributed by atoms with van der Waals surface area (Å²) in [7, 11) is 1.76. The summed E-state index contributed by atoms with van der Waals surface area (Å²) in [5.74, 6) is 1.93. The molecule has 1 saturated heterocycles. The van der Waals surface area contributed by atoms with Crippen LogP contribution in [0.25, 0.3) is 0 Å². The van der Waals surface area contributed by atoms with E-state index in [0.29, 0.717) is 6.04 Å². The average Bonchev–Trinajstić information content (AvgIpc) is 2.55. The predicted molar refractivity (Wildman–Crippen MR) is 88.9 cm³/mol. The molecule has 2 rings (SSSR count). The zero-order valence-corrected chi connectivity index (χ0v) is 13.8. The SMILES string of the molecule is CCNC(CN1CCC(CC)CC1)c1ccccc1OC. The zero-order chi connectivity index (χ0) is 15.1. The highest BCUT2D eigenvalue weighted by atomic mass is 16.5. The smallest absolute Gasteiger partial charge is 0.123 e. The van der Waals surface area contributed by atoms with Gasteiger partial charge in [0.2, 0.25) is 0 Å². The number of piperidine rings is 1. The average molecular weight is 290 g/mol. The van der Waals surface area contributed by atoms with Gasteiger partial charge in [0.15, 0.2) is 0 Å². The van der Waals surface area contributed by atoms with E-state index in [1.165, 1.54) is 37.9 Å². The molecule has 1 aliphatic heterocycles. The Hall–Kier alpha value is -1.06. The Morgan fingerprint density at radius 3 is 2.57 bits per heavy atom. The van der Waals surface area contributed by atoms with Crippen LogP contribution in [-0.4, -0.2) is 38.2 Å². The fourth-order valence-corrected chi connectivity index (χ4v) is 3.31. The summed E-state index contributed by atoms with van der Waals surface area (Å²) in [6, 6.07) is 8.74. The van der Waals surface area contributed by atoms with Gasteiger partial charge in [0.25, 0.3) is 0 Å². The second-order valence-electron chi connectivity index (χ2n) is 6.00. The maximum atomic E-state index is 5.54. The van der Waals surface area contributed by atoms with Crippen LogP contribution in [0.15, 0.2) is 24.3 Å². The maximum Gasteiger partial charge on any atom is 0.123 e. The number of nitrogens with one attached hydrogen (secondary N) is 1. The van der Waals surface area contributed by atoms with E-state index >= 15 is 0 Å². The van der Waals surface area contributed by atoms with Crippen LogP contribution in [0.5, 0.6) is 5.75 Å². The molecule has 3 nitrogen and oxygen atoms in total. The van der Waals surface area contributed by atoms with Crippen molar-refractivity contribution in [2.75, 3.05) is 33.3 Å². The first-order valence-corrected chi connectivity index (χ1v) is 8.37. The van der Waals surface area contributed by atoms with E-state index < -0.39 is 0 Å². The van der Waals surface area contributed by atoms with Crippen molar-refractivity contribution in [1.29, 1.82) is 0 Å². The molecule has 0 radical (unpaired) electrons. The third-order valence-corrected chi connectivity index (χ3v) is 4.69. The monoisotopic (exact) mass is 290 g/mol. The Kier molecular flexibility index (Phi) is 6.52. The van der Waals surface area contributed by atoms with Gasteiger partial charge in [-0.1, -0.05) is 38.5 Å². The van der Waals surface area contributed by atoms with E-state index in [0.717, 1.165) is 24.8 Å². The molecule has 0 spiro atoms. The number of hydrogen-bond acceptors (Lipinski definition) is 3. The molecule has 1 aromatic carbocycles. The highest BCUT2D eigenvalue weighted by Crippen LogP contribution is 2.27. The van der Waals surface area contributed by atoms with Gasteiger partial charge in [-0.05, 0) is 44.5 Å². The number of benzene rings is 1. The van der Waals surface area contributed by atoms with Gasteiger partial charge in [-0.25, -0.2) is 0 Å². The molecule has 0 amide bonds. The van der Waals surface area contributed by atoms with Gasteiger partial charge in [0, 0.05) is 18.2 Å². The highest BCUT2D eigenvalue weighted by molar-refractivity contribution is 5.36. The number of nitrogens with zero attached hydrogens (tertiary/aromatic N) is 1. The highest BCUT2D eigenvalue weighted by Gasteiger charge is 2.22. The van der Waals surface area contributed by atoms with Crippen LogP contribution in [-0.2, 0) is 0 Å². The number of ether oxygens (including phenoxy) is 1. The third kappa shape index (κ3) is 4.45. The zero-order valence-electron chi connectivity index (χ0n) is 13.8. The van der Waals surface area contributed by atoms with Crippen molar-refractivity contribution >= 4 is 0 Å². The Morgan fingerprint density at radius 2 is 1.95 bits per heavy atom. The first-order valence-electron chi connectivity index (χ1n) is 8.37. The maximum absolute atomic E-state index is 5.54. The Morgan fingerprint density at radius 1 is 1.24 bits per heavy atom. The minimum absolute atomic E-state index is 0.351. The van der Waals surface area contributed by atoms with Crippen molar-refractivity contribution in [3.8, 4) is 5.75 Å². The van der Waals surface area contributed by atoms with E-state index in [-0.39, 0.29) is 0 Å². The molecule has 1 unspecified atom stereocenters. The van der Waals surface area contributed by atoms with Crippen molar-refractivity contribution in [3.63, 3.8) is 0 Å². The van der Waals surface area contributed by atoms with Gasteiger partial charge in [-0.2, -0.15) is 0 Å². The predicted octanol–water partition coefficient (Wildman–Crippen LogP) is 3.47. The van der Waals surface area contributed by atoms with Crippen LogP contribution >= 0.6 is 0 Å². The van der Waals surface area contributed by atoms with Crippen LogP contribution in [0.3, 0.4) is 0 Å². The van der Waals surface area contributed by atoms with Crippen LogP contribution in [0, 0.1) is 5.92 Å². The first kappa shape index (κ1) is 16.3. The van der Waals surface area contributed by atoms with E-state index in [4.69, 9.17) is 4.74 Å². The lowest BCUT2D eigenvalue weighted by molar-refractivity contribution is 0.165. The lowest BCUT2D eigenvalue weighted by Gasteiger charge is -2.34. The molecule has 118 valence electrons. The number of likely N-dealkylation sites (tertiary alicyclic amines) is 1. The van der Waals surface area contributed by atoms with E-state index in [1.54, 1.807) is 7.11 Å². The minimum atomic E-state index is 0.351. The molecular formula is C18H30N2O. The fourth-order valence-electron chi connectivity index (χ4n) is 3.31. The summed E-state index contributed by atoms with van der Waals surface area (Å²) in [5.41, 5.74) is 1.28. The molecule has 0 aromatic heterocycles. The van der Waals surface area contributed by atoms with Crippen molar-refractivity contribution < 1.29 is 4.74 Å². The second-order valence-corrected chi connectivity index (χ2v) is 6.00. The second kappa shape index (κ2) is 8.40. The quantitative estimate of drug-likeness (QED) is 0.832. The van der Waals surface area contributed by atoms with E-state index in [9.17, 15) is 0 Å². The Balaban J connectivity index is 2.02. The van der Waals surface area contributed by atoms with Crippen LogP contribution in [0.4, 0.5) is 0 Å². The Bertz CT molecular complexity index is 413. The summed E-state index contributed by atoms with van der Waals surface area (Å²) in [6.45, 7) is 9.01. The number of hydrogen-bond donors (Lipinski definition) is 1. The lowest BCUT2D eigenvalue weighted by atomic mass is 9.94. The number of likely N-dealkylation sites (N-methyl/N-ethyl adjacent to an activating group) is 1. The molecule has 0 saturated carbocycles. The fraction of sp³-hybridized carbons (Fsp3) is 0.667. The van der Waals surface area contributed by atoms with Crippen LogP contribution in [0.2, 0.25) is 0 Å². The van der Waals surface area contributed by atoms with Gasteiger partial charge in [0.1, 0.15) is 5.75 Å². The van der Waals surface area contributed by atoms with Gasteiger partial charge >= 0.3 is 0 Å². The topological polar surface area (TPSA) is 24.5 Å². The van der Waals surface area contributed by atoms with Gasteiger partial charge in [-0.15, -0.1) is 0 Å². The van der Waals surface area contributed by atoms with Crippen LogP contribution < -0.4 is 10.1 Å². The Labute approximate surface area is 129 Å². The molecule has 1 aliphatic rings. The first-order chi connectivity index (χ1) is 10.3. The molecule has 0 bridgehead atoms. The standard InChI is InChI=1S/C18H30N2O/c1-4-15-10-12-20(13-11-15)14-17(19-5-2)16-8-6-7-9-18(16)21-3/h6-9,15,17,19H,4-5,10-14H2,1-3H3. The van der Waals surface area contributed by atoms with E-state index in [2.05, 4.69) is 42.3 Å². The molecular weight excluding hydrogens is 260 g/mol. The molecule has 1 atom stereocenters. The summed E-state index contributed by atoms with van der Waals surface area (Å²) in [5, 5.41) is 3.62. The third-order valence-electron chi connectivity index (χ3n) is 4.69. The molecule has 1 aromatic rings. The lowest BCUT2D eigenvalue weighted by Crippen LogP contribution is -2.40. The van der Waals surface area contributed by atoms with Crippen molar-refractivity contribution in [1.82, 2.24) is 10.2 Å². The molecule has 0 aliphatic carbocycles. The molecule has 1 fully saturated rings. The van der Waals surface area contributed by atoms with Crippen molar-refractivity contribution in [2.24, 2.45) is 5.92 Å². The molecule has 1 N–H and O–H groups in total. The summed E-state index contributed by atoms with van der Waals surface area (Å²) < 4.78 is 5.54. The van der Waals surface area contributed by atoms with Gasteiger partial charge in [0.05, 0.1) is 7.11 Å². The summed E-state index contributed by atoms with van der Waals surface area (Å²) >= 11 is 0. The summed E-state index contributed by atoms with van der Waals surface area (Å²) in [4.78, 5) is 2.60. The number of para-hydroxylation sites is 1. The van der Waals surface area contributed by atoms with Crippen molar-refractivity contribution in [3.05, 3.63) is 29.8 Å². The number of rotatable bonds is 7. The van der Waals surface area contributed by atoms with Gasteiger partial charge < -0.3 is 15.0 Å². The minimum Gasteiger partial charge on any atom is -0.496 e. The number of methoxy groups -OCH3 is 1. The van der Waals surface area contributed by atoms with Crippen molar-refractivity contribution in [2.45, 2.75) is 39.2 Å². The van der Waals surface area contributed by atoms with E-state index in [1.807, 2.05) is 6.07 Å². The summed E-state index contributed by atoms with van der Waals surface area (Å²) in [6.07, 6.45) is 4.03. The molecule has 1 heterocycles. The molecule has 21 heavy (non-hydrogen) atoms. The van der Waals surface area contributed by atoms with Gasteiger partial charge in [-0.3, -0.25) is 0 Å². The van der Waals surface area contributed by atoms with Crippen LogP contribution in [0.1, 0.15) is 44.7 Å². The largest absolute Gasteiger partial charge is 0.496 e. The molecule has 3 heteroatoms. The normalized spacial score (nSPS) is 18.6.